The van der Waals surface area contributed by atoms with Crippen molar-refractivity contribution >= 4 is 5.97 Å². The zero-order chi connectivity index (χ0) is 28.8. The molecule has 0 radical (unpaired) electrons. The number of alkyl halides is 6. The van der Waals surface area contributed by atoms with Gasteiger partial charge in [-0.2, -0.15) is 26.3 Å². The number of ether oxygens (including phenoxy) is 3. The summed E-state index contributed by atoms with van der Waals surface area (Å²) in [7, 11) is 1.29. The first-order valence-corrected chi connectivity index (χ1v) is 11.7. The Morgan fingerprint density at radius 2 is 1.49 bits per heavy atom. The molecule has 1 N–H and O–H groups in total. The standard InChI is InChI=1S/C28H26F6O5/c1-18-14-21(26(36,27(29,30)31)28(32,33)34)10-13-24(18)39-23(15-19-6-4-3-5-7-19)17-38-22-11-8-20(9-12-22)16-25(35)37-2/h3-14,23,36H,15-17H2,1-2H3/t23-/m1/s1. The van der Waals surface area contributed by atoms with E-state index in [0.717, 1.165) is 11.6 Å². The van der Waals surface area contributed by atoms with E-state index in [0.29, 0.717) is 29.9 Å². The van der Waals surface area contributed by atoms with Crippen molar-refractivity contribution in [1.82, 2.24) is 0 Å². The van der Waals surface area contributed by atoms with Crippen LogP contribution in [0.2, 0.25) is 0 Å². The highest BCUT2D eigenvalue weighted by molar-refractivity contribution is 5.72. The third kappa shape index (κ3) is 7.23. The minimum atomic E-state index is -5.99. The number of hydrogen-bond acceptors (Lipinski definition) is 5. The van der Waals surface area contributed by atoms with E-state index >= 15 is 0 Å². The molecule has 0 bridgehead atoms. The van der Waals surface area contributed by atoms with E-state index in [4.69, 9.17) is 9.47 Å². The zero-order valence-corrected chi connectivity index (χ0v) is 21.0. The normalized spacial score (nSPS) is 13.1. The van der Waals surface area contributed by atoms with Crippen LogP contribution < -0.4 is 9.47 Å². The molecule has 3 aromatic rings. The van der Waals surface area contributed by atoms with Crippen molar-refractivity contribution in [2.75, 3.05) is 13.7 Å². The second-order valence-electron chi connectivity index (χ2n) is 8.82. The van der Waals surface area contributed by atoms with Gasteiger partial charge in [0.15, 0.2) is 0 Å². The van der Waals surface area contributed by atoms with E-state index < -0.39 is 35.6 Å². The van der Waals surface area contributed by atoms with Gasteiger partial charge in [-0.25, -0.2) is 0 Å². The van der Waals surface area contributed by atoms with Crippen molar-refractivity contribution in [1.29, 1.82) is 0 Å². The number of halogens is 6. The highest BCUT2D eigenvalue weighted by Crippen LogP contribution is 2.50. The summed E-state index contributed by atoms with van der Waals surface area (Å²) in [6.07, 6.45) is -12.3. The molecule has 0 amide bonds. The average Bonchev–Trinajstić information content (AvgIpc) is 2.88. The van der Waals surface area contributed by atoms with E-state index in [1.165, 1.54) is 14.0 Å². The lowest BCUT2D eigenvalue weighted by Crippen LogP contribution is -2.53. The molecular weight excluding hydrogens is 530 g/mol. The van der Waals surface area contributed by atoms with Gasteiger partial charge >= 0.3 is 18.3 Å². The summed E-state index contributed by atoms with van der Waals surface area (Å²) < 4.78 is 96.2. The SMILES string of the molecule is COC(=O)Cc1ccc(OC[C@@H](Cc2ccccc2)Oc2ccc(C(O)(C(F)(F)F)C(F)(F)F)cc2C)cc1. The number of aryl methyl sites for hydroxylation is 1. The van der Waals surface area contributed by atoms with Crippen molar-refractivity contribution in [2.24, 2.45) is 0 Å². The van der Waals surface area contributed by atoms with Gasteiger partial charge in [0.2, 0.25) is 0 Å². The predicted octanol–water partition coefficient (Wildman–Crippen LogP) is 6.09. The van der Waals surface area contributed by atoms with Crippen LogP contribution in [0.4, 0.5) is 26.3 Å². The number of aliphatic hydroxyl groups is 1. The predicted molar refractivity (Wildman–Crippen MR) is 129 cm³/mol. The van der Waals surface area contributed by atoms with Crippen molar-refractivity contribution < 1.29 is 50.5 Å². The van der Waals surface area contributed by atoms with Crippen molar-refractivity contribution in [2.45, 2.75) is 43.8 Å². The molecule has 5 nitrogen and oxygen atoms in total. The number of hydrogen-bond donors (Lipinski definition) is 1. The van der Waals surface area contributed by atoms with Crippen LogP contribution in [0, 0.1) is 6.92 Å². The first-order valence-electron chi connectivity index (χ1n) is 11.7. The average molecular weight is 556 g/mol. The lowest BCUT2D eigenvalue weighted by Gasteiger charge is -2.33. The molecule has 0 aliphatic heterocycles. The van der Waals surface area contributed by atoms with Gasteiger partial charge in [-0.1, -0.05) is 48.5 Å². The third-order valence-electron chi connectivity index (χ3n) is 5.95. The number of rotatable bonds is 10. The fraction of sp³-hybridized carbons (Fsp3) is 0.321. The minimum absolute atomic E-state index is 0.0124. The Morgan fingerprint density at radius 3 is 2.03 bits per heavy atom. The molecule has 1 atom stereocenters. The summed E-state index contributed by atoms with van der Waals surface area (Å²) in [5.74, 6) is 0.0893. The van der Waals surface area contributed by atoms with Gasteiger partial charge in [0.05, 0.1) is 13.5 Å². The number of carbonyl (C=O) groups is 1. The van der Waals surface area contributed by atoms with Crippen molar-refractivity contribution in [3.63, 3.8) is 0 Å². The van der Waals surface area contributed by atoms with Gasteiger partial charge in [0.1, 0.15) is 24.2 Å². The smallest absolute Gasteiger partial charge is 0.430 e. The van der Waals surface area contributed by atoms with Gasteiger partial charge in [0.25, 0.3) is 5.60 Å². The van der Waals surface area contributed by atoms with Crippen LogP contribution in [-0.2, 0) is 28.0 Å². The van der Waals surface area contributed by atoms with Crippen LogP contribution in [0.3, 0.4) is 0 Å². The zero-order valence-electron chi connectivity index (χ0n) is 21.0. The lowest BCUT2D eigenvalue weighted by atomic mass is 9.91. The largest absolute Gasteiger partial charge is 0.490 e. The summed E-state index contributed by atoms with van der Waals surface area (Å²) in [6.45, 7) is 1.27. The Bertz CT molecular complexity index is 1230. The Labute approximate surface area is 220 Å². The highest BCUT2D eigenvalue weighted by Gasteiger charge is 2.71. The van der Waals surface area contributed by atoms with E-state index in [9.17, 15) is 36.2 Å². The van der Waals surface area contributed by atoms with Crippen LogP contribution in [-0.4, -0.2) is 43.2 Å². The van der Waals surface area contributed by atoms with Gasteiger partial charge in [0, 0.05) is 12.0 Å². The van der Waals surface area contributed by atoms with E-state index in [1.807, 2.05) is 30.3 Å². The van der Waals surface area contributed by atoms with Crippen LogP contribution in [0.15, 0.2) is 72.8 Å². The first kappa shape index (κ1) is 29.8. The molecule has 0 unspecified atom stereocenters. The summed E-state index contributed by atoms with van der Waals surface area (Å²) in [5, 5.41) is 9.70. The maximum absolute atomic E-state index is 13.3. The Morgan fingerprint density at radius 1 is 0.872 bits per heavy atom. The monoisotopic (exact) mass is 556 g/mol. The minimum Gasteiger partial charge on any atom is -0.490 e. The molecule has 3 rings (SSSR count). The van der Waals surface area contributed by atoms with Gasteiger partial charge in [-0.05, 0) is 47.9 Å². The summed E-state index contributed by atoms with van der Waals surface area (Å²) in [5.41, 5.74) is -4.87. The fourth-order valence-corrected chi connectivity index (χ4v) is 3.82. The molecule has 0 aliphatic rings. The van der Waals surface area contributed by atoms with Gasteiger partial charge in [-0.15, -0.1) is 0 Å². The lowest BCUT2D eigenvalue weighted by molar-refractivity contribution is -0.376. The number of methoxy groups -OCH3 is 1. The molecule has 0 heterocycles. The number of carbonyl (C=O) groups excluding carboxylic acids is 1. The third-order valence-corrected chi connectivity index (χ3v) is 5.95. The molecule has 3 aromatic carbocycles. The molecule has 0 spiro atoms. The molecule has 0 fully saturated rings. The van der Waals surface area contributed by atoms with Gasteiger partial charge in [-0.3, -0.25) is 4.79 Å². The molecule has 0 aromatic heterocycles. The van der Waals surface area contributed by atoms with E-state index in [1.54, 1.807) is 24.3 Å². The van der Waals surface area contributed by atoms with Crippen LogP contribution in [0.25, 0.3) is 0 Å². The Balaban J connectivity index is 1.82. The summed E-state index contributed by atoms with van der Waals surface area (Å²) in [4.78, 5) is 11.4. The van der Waals surface area contributed by atoms with Gasteiger partial charge < -0.3 is 19.3 Å². The first-order chi connectivity index (χ1) is 18.2. The summed E-state index contributed by atoms with van der Waals surface area (Å²) >= 11 is 0. The molecule has 39 heavy (non-hydrogen) atoms. The Kier molecular flexibility index (Phi) is 9.16. The second-order valence-corrected chi connectivity index (χ2v) is 8.82. The highest BCUT2D eigenvalue weighted by atomic mass is 19.4. The topological polar surface area (TPSA) is 65.0 Å². The maximum atomic E-state index is 13.3. The van der Waals surface area contributed by atoms with Crippen LogP contribution in [0.1, 0.15) is 22.3 Å². The van der Waals surface area contributed by atoms with Crippen molar-refractivity contribution in [3.05, 3.63) is 95.1 Å². The molecule has 0 saturated heterocycles. The number of benzene rings is 3. The maximum Gasteiger partial charge on any atom is 0.430 e. The van der Waals surface area contributed by atoms with Crippen LogP contribution >= 0.6 is 0 Å². The molecule has 210 valence electrons. The molecular formula is C28H26F6O5. The van der Waals surface area contributed by atoms with E-state index in [-0.39, 0.29) is 24.3 Å². The quantitative estimate of drug-likeness (QED) is 0.242. The second kappa shape index (κ2) is 12.0. The number of esters is 1. The Hall–Kier alpha value is -3.73. The van der Waals surface area contributed by atoms with E-state index in [2.05, 4.69) is 4.74 Å². The molecule has 0 saturated carbocycles. The fourth-order valence-electron chi connectivity index (χ4n) is 3.82. The summed E-state index contributed by atoms with van der Waals surface area (Å²) in [6, 6.07) is 17.9. The molecule has 0 aliphatic carbocycles. The molecule has 11 heteroatoms. The van der Waals surface area contributed by atoms with Crippen LogP contribution in [0.5, 0.6) is 11.5 Å². The van der Waals surface area contributed by atoms with Crippen molar-refractivity contribution in [3.8, 4) is 11.5 Å².